The lowest BCUT2D eigenvalue weighted by molar-refractivity contribution is -0.146. The standard InChI is InChI=1S/C25H34N2O2S/c1-6-7-14-26(24(29)25(3,4)5)17-22(28)27-15-12-21-20(13-16-30-21)23(27)19-11-9-8-10-18(19)2/h8-11,13,16,23H,6-7,12,14-15,17H2,1-5H3. The first-order valence-electron chi connectivity index (χ1n) is 10.9. The fourth-order valence-electron chi connectivity index (χ4n) is 4.14. The van der Waals surface area contributed by atoms with Gasteiger partial charge in [-0.3, -0.25) is 9.59 Å². The number of rotatable bonds is 6. The van der Waals surface area contributed by atoms with Gasteiger partial charge in [0.05, 0.1) is 12.6 Å². The molecule has 1 aliphatic rings. The second-order valence-corrected chi connectivity index (χ2v) is 10.2. The van der Waals surface area contributed by atoms with Crippen molar-refractivity contribution in [3.8, 4) is 0 Å². The first kappa shape index (κ1) is 22.5. The van der Waals surface area contributed by atoms with Crippen LogP contribution in [0.2, 0.25) is 0 Å². The molecular weight excluding hydrogens is 392 g/mol. The van der Waals surface area contributed by atoms with Crippen LogP contribution in [0.3, 0.4) is 0 Å². The number of hydrogen-bond donors (Lipinski definition) is 0. The van der Waals surface area contributed by atoms with Crippen molar-refractivity contribution in [2.24, 2.45) is 5.41 Å². The van der Waals surface area contributed by atoms with Crippen molar-refractivity contribution in [2.75, 3.05) is 19.6 Å². The van der Waals surface area contributed by atoms with E-state index in [1.165, 1.54) is 21.6 Å². The number of unbranched alkanes of at least 4 members (excludes halogenated alkanes) is 1. The molecule has 30 heavy (non-hydrogen) atoms. The molecule has 5 heteroatoms. The fraction of sp³-hybridized carbons (Fsp3) is 0.520. The molecule has 1 aromatic carbocycles. The van der Waals surface area contributed by atoms with E-state index in [0.717, 1.165) is 19.3 Å². The Bertz CT molecular complexity index is 897. The minimum atomic E-state index is -0.494. The zero-order valence-corrected chi connectivity index (χ0v) is 19.7. The Morgan fingerprint density at radius 1 is 1.17 bits per heavy atom. The summed E-state index contributed by atoms with van der Waals surface area (Å²) in [5, 5.41) is 2.13. The molecule has 0 spiro atoms. The van der Waals surface area contributed by atoms with E-state index < -0.39 is 5.41 Å². The lowest BCUT2D eigenvalue weighted by atomic mass is 9.90. The van der Waals surface area contributed by atoms with Crippen LogP contribution in [0.5, 0.6) is 0 Å². The predicted octanol–water partition coefficient (Wildman–Crippen LogP) is 5.21. The first-order chi connectivity index (χ1) is 14.2. The fourth-order valence-corrected chi connectivity index (χ4v) is 5.05. The summed E-state index contributed by atoms with van der Waals surface area (Å²) in [6.07, 6.45) is 2.78. The molecule has 1 unspecified atom stereocenters. The van der Waals surface area contributed by atoms with Crippen molar-refractivity contribution in [3.63, 3.8) is 0 Å². The van der Waals surface area contributed by atoms with Gasteiger partial charge < -0.3 is 9.80 Å². The molecule has 0 radical (unpaired) electrons. The van der Waals surface area contributed by atoms with E-state index in [0.29, 0.717) is 13.1 Å². The quantitative estimate of drug-likeness (QED) is 0.636. The molecule has 1 aromatic heterocycles. The Morgan fingerprint density at radius 3 is 2.57 bits per heavy atom. The van der Waals surface area contributed by atoms with Crippen LogP contribution < -0.4 is 0 Å². The molecule has 0 aliphatic carbocycles. The van der Waals surface area contributed by atoms with E-state index >= 15 is 0 Å². The Labute approximate surface area is 184 Å². The van der Waals surface area contributed by atoms with Crippen LogP contribution in [-0.2, 0) is 16.0 Å². The minimum Gasteiger partial charge on any atom is -0.333 e. The zero-order valence-electron chi connectivity index (χ0n) is 18.9. The summed E-state index contributed by atoms with van der Waals surface area (Å²) in [6, 6.07) is 10.4. The molecule has 162 valence electrons. The van der Waals surface area contributed by atoms with Gasteiger partial charge >= 0.3 is 0 Å². The third-order valence-electron chi connectivity index (χ3n) is 5.81. The van der Waals surface area contributed by atoms with Crippen molar-refractivity contribution in [1.82, 2.24) is 9.80 Å². The van der Waals surface area contributed by atoms with Crippen LogP contribution in [0.15, 0.2) is 35.7 Å². The lowest BCUT2D eigenvalue weighted by Crippen LogP contribution is -2.49. The highest BCUT2D eigenvalue weighted by Gasteiger charge is 2.35. The number of nitrogens with zero attached hydrogens (tertiary/aromatic N) is 2. The van der Waals surface area contributed by atoms with Crippen molar-refractivity contribution in [3.05, 3.63) is 57.3 Å². The molecule has 0 saturated carbocycles. The van der Waals surface area contributed by atoms with Gasteiger partial charge in [-0.15, -0.1) is 11.3 Å². The van der Waals surface area contributed by atoms with Gasteiger partial charge in [-0.2, -0.15) is 0 Å². The number of amides is 2. The summed E-state index contributed by atoms with van der Waals surface area (Å²) in [7, 11) is 0. The molecular formula is C25H34N2O2S. The zero-order chi connectivity index (χ0) is 21.9. The number of fused-ring (bicyclic) bond motifs is 1. The maximum Gasteiger partial charge on any atom is 0.242 e. The summed E-state index contributed by atoms with van der Waals surface area (Å²) in [4.78, 5) is 31.7. The highest BCUT2D eigenvalue weighted by molar-refractivity contribution is 7.10. The molecule has 1 atom stereocenters. The predicted molar refractivity (Wildman–Crippen MR) is 124 cm³/mol. The van der Waals surface area contributed by atoms with E-state index in [1.807, 2.05) is 37.8 Å². The highest BCUT2D eigenvalue weighted by atomic mass is 32.1. The molecule has 0 N–H and O–H groups in total. The van der Waals surface area contributed by atoms with Gasteiger partial charge in [0.15, 0.2) is 0 Å². The summed E-state index contributed by atoms with van der Waals surface area (Å²) in [5.74, 6) is 0.0822. The van der Waals surface area contributed by atoms with Crippen molar-refractivity contribution in [1.29, 1.82) is 0 Å². The smallest absolute Gasteiger partial charge is 0.242 e. The minimum absolute atomic E-state index is 0.0359. The van der Waals surface area contributed by atoms with Gasteiger partial charge in [-0.25, -0.2) is 0 Å². The van der Waals surface area contributed by atoms with Crippen molar-refractivity contribution >= 4 is 23.2 Å². The van der Waals surface area contributed by atoms with Gasteiger partial charge in [-0.05, 0) is 47.9 Å². The van der Waals surface area contributed by atoms with Crippen LogP contribution in [0.4, 0.5) is 0 Å². The van der Waals surface area contributed by atoms with Crippen LogP contribution >= 0.6 is 11.3 Å². The van der Waals surface area contributed by atoms with Crippen molar-refractivity contribution in [2.45, 2.75) is 59.9 Å². The Hall–Kier alpha value is -2.14. The molecule has 1 aliphatic heterocycles. The molecule has 2 heterocycles. The number of carbonyl (C=O) groups is 2. The Balaban J connectivity index is 1.91. The van der Waals surface area contributed by atoms with Gasteiger partial charge in [-0.1, -0.05) is 58.4 Å². The molecule has 2 amide bonds. The van der Waals surface area contributed by atoms with Crippen LogP contribution in [0, 0.1) is 12.3 Å². The summed E-state index contributed by atoms with van der Waals surface area (Å²) < 4.78 is 0. The summed E-state index contributed by atoms with van der Waals surface area (Å²) >= 11 is 1.77. The molecule has 0 fully saturated rings. The first-order valence-corrected chi connectivity index (χ1v) is 11.8. The van der Waals surface area contributed by atoms with Crippen LogP contribution in [0.1, 0.15) is 68.1 Å². The average molecular weight is 427 g/mol. The normalized spacial score (nSPS) is 16.3. The SMILES string of the molecule is CCCCN(CC(=O)N1CCc2sccc2C1c1ccccc1C)C(=O)C(C)(C)C. The molecule has 2 aromatic rings. The Kier molecular flexibility index (Phi) is 7.02. The van der Waals surface area contributed by atoms with E-state index in [1.54, 1.807) is 16.2 Å². The molecule has 3 rings (SSSR count). The molecule has 4 nitrogen and oxygen atoms in total. The summed E-state index contributed by atoms with van der Waals surface area (Å²) in [6.45, 7) is 11.5. The molecule has 0 saturated heterocycles. The Morgan fingerprint density at radius 2 is 1.90 bits per heavy atom. The number of thiophene rings is 1. The second kappa shape index (κ2) is 9.34. The van der Waals surface area contributed by atoms with E-state index in [9.17, 15) is 9.59 Å². The van der Waals surface area contributed by atoms with Gasteiger partial charge in [0.1, 0.15) is 0 Å². The van der Waals surface area contributed by atoms with Crippen LogP contribution in [-0.4, -0.2) is 41.2 Å². The number of carbonyl (C=O) groups excluding carboxylic acids is 2. The third kappa shape index (κ3) is 4.77. The molecule has 0 bridgehead atoms. The van der Waals surface area contributed by atoms with Gasteiger partial charge in [0.25, 0.3) is 0 Å². The highest BCUT2D eigenvalue weighted by Crippen LogP contribution is 2.39. The topological polar surface area (TPSA) is 40.6 Å². The van der Waals surface area contributed by atoms with Crippen LogP contribution in [0.25, 0.3) is 0 Å². The van der Waals surface area contributed by atoms with E-state index in [-0.39, 0.29) is 24.4 Å². The van der Waals surface area contributed by atoms with E-state index in [2.05, 4.69) is 37.4 Å². The van der Waals surface area contributed by atoms with E-state index in [4.69, 9.17) is 0 Å². The second-order valence-electron chi connectivity index (χ2n) is 9.23. The third-order valence-corrected chi connectivity index (χ3v) is 6.80. The maximum absolute atomic E-state index is 13.6. The number of hydrogen-bond acceptors (Lipinski definition) is 3. The van der Waals surface area contributed by atoms with Gasteiger partial charge in [0, 0.05) is 23.4 Å². The number of benzene rings is 1. The monoisotopic (exact) mass is 426 g/mol. The summed E-state index contributed by atoms with van der Waals surface area (Å²) in [5.41, 5.74) is 3.10. The average Bonchev–Trinajstić information content (AvgIpc) is 3.18. The maximum atomic E-state index is 13.6. The van der Waals surface area contributed by atoms with Crippen molar-refractivity contribution < 1.29 is 9.59 Å². The lowest BCUT2D eigenvalue weighted by Gasteiger charge is -2.39. The largest absolute Gasteiger partial charge is 0.333 e. The number of aryl methyl sites for hydroxylation is 1. The van der Waals surface area contributed by atoms with Gasteiger partial charge in [0.2, 0.25) is 11.8 Å².